The first kappa shape index (κ1) is 17.5. The molecule has 4 rings (SSSR count). The molecule has 6 heteroatoms. The van der Waals surface area contributed by atoms with Crippen molar-refractivity contribution in [3.05, 3.63) is 76.8 Å². The Morgan fingerprint density at radius 2 is 1.96 bits per heavy atom. The SMILES string of the molecule is Cc1c(Cc2ccc(I)cc2F)c2c(=O)n(C3CC3)c(C)cc2oc1=O. The van der Waals surface area contributed by atoms with Crippen LogP contribution in [0.3, 0.4) is 0 Å². The van der Waals surface area contributed by atoms with E-state index < -0.39 is 5.63 Å². The highest BCUT2D eigenvalue weighted by Gasteiger charge is 2.28. The van der Waals surface area contributed by atoms with Gasteiger partial charge in [-0.25, -0.2) is 9.18 Å². The molecule has 0 atom stereocenters. The summed E-state index contributed by atoms with van der Waals surface area (Å²) in [7, 11) is 0. The summed E-state index contributed by atoms with van der Waals surface area (Å²) in [5.74, 6) is -0.340. The number of aromatic nitrogens is 1. The number of halogens is 2. The predicted molar refractivity (Wildman–Crippen MR) is 106 cm³/mol. The van der Waals surface area contributed by atoms with Crippen molar-refractivity contribution >= 4 is 33.6 Å². The number of nitrogens with zero attached hydrogens (tertiary/aromatic N) is 1. The van der Waals surface area contributed by atoms with Crippen molar-refractivity contribution in [1.29, 1.82) is 0 Å². The summed E-state index contributed by atoms with van der Waals surface area (Å²) in [4.78, 5) is 25.4. The van der Waals surface area contributed by atoms with E-state index in [0.29, 0.717) is 22.1 Å². The van der Waals surface area contributed by atoms with Gasteiger partial charge in [-0.3, -0.25) is 4.79 Å². The van der Waals surface area contributed by atoms with E-state index in [1.54, 1.807) is 23.6 Å². The quantitative estimate of drug-likeness (QED) is 0.544. The van der Waals surface area contributed by atoms with Crippen molar-refractivity contribution in [1.82, 2.24) is 4.57 Å². The van der Waals surface area contributed by atoms with E-state index in [9.17, 15) is 14.0 Å². The van der Waals surface area contributed by atoms with Gasteiger partial charge < -0.3 is 8.98 Å². The molecular weight excluding hydrogens is 448 g/mol. The van der Waals surface area contributed by atoms with E-state index in [-0.39, 0.29) is 29.4 Å². The lowest BCUT2D eigenvalue weighted by atomic mass is 9.98. The second kappa shape index (κ2) is 6.33. The van der Waals surface area contributed by atoms with E-state index in [4.69, 9.17) is 4.42 Å². The molecular formula is C20H17FINO3. The summed E-state index contributed by atoms with van der Waals surface area (Å²) < 4.78 is 22.3. The lowest BCUT2D eigenvalue weighted by Gasteiger charge is -2.14. The Labute approximate surface area is 162 Å². The minimum absolute atomic E-state index is 0.157. The van der Waals surface area contributed by atoms with Crippen LogP contribution in [0.25, 0.3) is 11.0 Å². The molecule has 4 nitrogen and oxygen atoms in total. The highest BCUT2D eigenvalue weighted by molar-refractivity contribution is 14.1. The number of hydrogen-bond acceptors (Lipinski definition) is 3. The normalized spacial score (nSPS) is 14.2. The molecule has 1 aliphatic rings. The first-order chi connectivity index (χ1) is 12.4. The van der Waals surface area contributed by atoms with Gasteiger partial charge in [0.2, 0.25) is 0 Å². The topological polar surface area (TPSA) is 52.2 Å². The third-order valence-electron chi connectivity index (χ3n) is 4.96. The van der Waals surface area contributed by atoms with Crippen LogP contribution in [-0.4, -0.2) is 4.57 Å². The molecule has 1 aliphatic carbocycles. The number of pyridine rings is 1. The van der Waals surface area contributed by atoms with Gasteiger partial charge in [0.05, 0.1) is 5.39 Å². The Hall–Kier alpha value is -1.96. The van der Waals surface area contributed by atoms with E-state index >= 15 is 0 Å². The Morgan fingerprint density at radius 1 is 1.23 bits per heavy atom. The predicted octanol–water partition coefficient (Wildman–Crippen LogP) is 4.24. The molecule has 0 amide bonds. The van der Waals surface area contributed by atoms with Crippen molar-refractivity contribution < 1.29 is 8.81 Å². The van der Waals surface area contributed by atoms with E-state index in [1.165, 1.54) is 6.07 Å². The van der Waals surface area contributed by atoms with Gasteiger partial charge in [-0.2, -0.15) is 0 Å². The Morgan fingerprint density at radius 3 is 2.62 bits per heavy atom. The zero-order valence-electron chi connectivity index (χ0n) is 14.4. The molecule has 2 heterocycles. The first-order valence-corrected chi connectivity index (χ1v) is 9.57. The maximum atomic E-state index is 14.4. The molecule has 0 unspecified atom stereocenters. The number of benzene rings is 1. The van der Waals surface area contributed by atoms with Crippen molar-refractivity contribution in [2.75, 3.05) is 0 Å². The smallest absolute Gasteiger partial charge is 0.339 e. The summed E-state index contributed by atoms with van der Waals surface area (Å²) >= 11 is 2.05. The molecule has 0 saturated heterocycles. The van der Waals surface area contributed by atoms with Gasteiger partial charge >= 0.3 is 5.63 Å². The molecule has 1 fully saturated rings. The van der Waals surface area contributed by atoms with E-state index in [1.807, 2.05) is 35.6 Å². The largest absolute Gasteiger partial charge is 0.422 e. The Balaban J connectivity index is 2.00. The molecule has 3 aromatic rings. The number of aryl methyl sites for hydroxylation is 1. The summed E-state index contributed by atoms with van der Waals surface area (Å²) in [6, 6.07) is 6.91. The molecule has 0 N–H and O–H groups in total. The zero-order valence-corrected chi connectivity index (χ0v) is 16.6. The van der Waals surface area contributed by atoms with E-state index in [0.717, 1.165) is 22.1 Å². The number of rotatable bonds is 3. The van der Waals surface area contributed by atoms with Crippen molar-refractivity contribution in [3.8, 4) is 0 Å². The van der Waals surface area contributed by atoms with Gasteiger partial charge in [0, 0.05) is 33.4 Å². The standard InChI is InChI=1S/C20H17FINO3/c1-10-7-17-18(19(24)23(10)14-5-6-14)15(11(2)20(25)26-17)8-12-3-4-13(22)9-16(12)21/h3-4,7,9,14H,5-6,8H2,1-2H3. The van der Waals surface area contributed by atoms with Gasteiger partial charge in [-0.05, 0) is 72.5 Å². The van der Waals surface area contributed by atoms with E-state index in [2.05, 4.69) is 0 Å². The summed E-state index contributed by atoms with van der Waals surface area (Å²) in [5.41, 5.74) is 1.79. The fraction of sp³-hybridized carbons (Fsp3) is 0.300. The van der Waals surface area contributed by atoms with Crippen LogP contribution in [0.2, 0.25) is 0 Å². The van der Waals surface area contributed by atoms with Crippen LogP contribution in [0.15, 0.2) is 38.3 Å². The van der Waals surface area contributed by atoms with Gasteiger partial charge in [0.1, 0.15) is 11.4 Å². The summed E-state index contributed by atoms with van der Waals surface area (Å²) in [6.45, 7) is 3.48. The monoisotopic (exact) mass is 465 g/mol. The Kier molecular flexibility index (Phi) is 4.25. The third-order valence-corrected chi connectivity index (χ3v) is 5.63. The molecule has 0 aliphatic heterocycles. The van der Waals surface area contributed by atoms with Crippen LogP contribution in [0.1, 0.15) is 41.3 Å². The lowest BCUT2D eigenvalue weighted by molar-refractivity contribution is 0.548. The molecule has 1 aromatic carbocycles. The molecule has 0 bridgehead atoms. The van der Waals surface area contributed by atoms with Crippen LogP contribution in [0, 0.1) is 23.2 Å². The van der Waals surface area contributed by atoms with Crippen molar-refractivity contribution in [3.63, 3.8) is 0 Å². The number of hydrogen-bond donors (Lipinski definition) is 0. The van der Waals surface area contributed by atoms with Crippen molar-refractivity contribution in [2.45, 2.75) is 39.2 Å². The van der Waals surface area contributed by atoms with Gasteiger partial charge in [0.15, 0.2) is 0 Å². The molecule has 134 valence electrons. The van der Waals surface area contributed by atoms with Crippen molar-refractivity contribution in [2.24, 2.45) is 0 Å². The van der Waals surface area contributed by atoms with Gasteiger partial charge in [-0.15, -0.1) is 0 Å². The zero-order chi connectivity index (χ0) is 18.6. The summed E-state index contributed by atoms with van der Waals surface area (Å²) in [6.07, 6.45) is 2.13. The fourth-order valence-electron chi connectivity index (χ4n) is 3.43. The van der Waals surface area contributed by atoms with Crippen LogP contribution in [-0.2, 0) is 6.42 Å². The lowest BCUT2D eigenvalue weighted by Crippen LogP contribution is -2.24. The maximum Gasteiger partial charge on any atom is 0.339 e. The maximum absolute atomic E-state index is 14.4. The molecule has 0 spiro atoms. The van der Waals surface area contributed by atoms with Gasteiger partial charge in [-0.1, -0.05) is 6.07 Å². The fourth-order valence-corrected chi connectivity index (χ4v) is 3.88. The highest BCUT2D eigenvalue weighted by Crippen LogP contribution is 2.35. The first-order valence-electron chi connectivity index (χ1n) is 8.49. The second-order valence-electron chi connectivity index (χ2n) is 6.84. The highest BCUT2D eigenvalue weighted by atomic mass is 127. The van der Waals surface area contributed by atoms with Crippen LogP contribution < -0.4 is 11.2 Å². The van der Waals surface area contributed by atoms with Gasteiger partial charge in [0.25, 0.3) is 5.56 Å². The third kappa shape index (κ3) is 2.90. The summed E-state index contributed by atoms with van der Waals surface area (Å²) in [5, 5.41) is 0.387. The average Bonchev–Trinajstić information content (AvgIpc) is 3.38. The molecule has 0 radical (unpaired) electrons. The molecule has 1 saturated carbocycles. The molecule has 26 heavy (non-hydrogen) atoms. The van der Waals surface area contributed by atoms with Crippen LogP contribution in [0.5, 0.6) is 0 Å². The second-order valence-corrected chi connectivity index (χ2v) is 8.08. The van der Waals surface area contributed by atoms with Crippen LogP contribution >= 0.6 is 22.6 Å². The number of fused-ring (bicyclic) bond motifs is 1. The minimum atomic E-state index is -0.485. The van der Waals surface area contributed by atoms with Crippen LogP contribution in [0.4, 0.5) is 4.39 Å². The average molecular weight is 465 g/mol. The minimum Gasteiger partial charge on any atom is -0.422 e. The Bertz CT molecular complexity index is 1160. The molecule has 2 aromatic heterocycles.